The molecule has 1 aliphatic rings. The lowest BCUT2D eigenvalue weighted by Gasteiger charge is -2.34. The fourth-order valence-corrected chi connectivity index (χ4v) is 3.07. The van der Waals surface area contributed by atoms with Gasteiger partial charge in [0, 0.05) is 43.0 Å². The van der Waals surface area contributed by atoms with Crippen molar-refractivity contribution in [2.45, 2.75) is 39.3 Å². The van der Waals surface area contributed by atoms with Crippen LogP contribution >= 0.6 is 11.6 Å². The molecule has 1 N–H and O–H groups in total. The average Bonchev–Trinajstić information content (AvgIpc) is 2.48. The summed E-state index contributed by atoms with van der Waals surface area (Å²) in [5.41, 5.74) is 2.49. The molecule has 3 nitrogen and oxygen atoms in total. The van der Waals surface area contributed by atoms with Crippen molar-refractivity contribution in [2.24, 2.45) is 5.92 Å². The predicted octanol–water partition coefficient (Wildman–Crippen LogP) is 3.70. The number of ether oxygens (including phenoxy) is 1. The maximum atomic E-state index is 6.43. The van der Waals surface area contributed by atoms with E-state index in [1.165, 1.54) is 11.3 Å². The van der Waals surface area contributed by atoms with Gasteiger partial charge in [-0.1, -0.05) is 31.5 Å². The molecule has 0 unspecified atom stereocenters. The van der Waals surface area contributed by atoms with Crippen LogP contribution in [0.2, 0.25) is 5.02 Å². The molecule has 118 valence electrons. The molecule has 1 fully saturated rings. The van der Waals surface area contributed by atoms with Crippen molar-refractivity contribution in [1.29, 1.82) is 0 Å². The number of piperidine rings is 1. The van der Waals surface area contributed by atoms with Crippen molar-refractivity contribution in [2.75, 3.05) is 31.6 Å². The Hall–Kier alpha value is -0.770. The number of methoxy groups -OCH3 is 1. The highest BCUT2D eigenvalue weighted by atomic mass is 35.5. The first-order chi connectivity index (χ1) is 10.1. The molecule has 0 bridgehead atoms. The van der Waals surface area contributed by atoms with Crippen molar-refractivity contribution in [3.63, 3.8) is 0 Å². The van der Waals surface area contributed by atoms with Gasteiger partial charge in [-0.3, -0.25) is 0 Å². The molecule has 0 atom stereocenters. The summed E-state index contributed by atoms with van der Waals surface area (Å²) in [6.07, 6.45) is 2.58. The van der Waals surface area contributed by atoms with Crippen LogP contribution in [0.15, 0.2) is 18.2 Å². The third-order valence-corrected chi connectivity index (χ3v) is 4.42. The highest BCUT2D eigenvalue weighted by Crippen LogP contribution is 2.30. The Balaban J connectivity index is 2.06. The Kier molecular flexibility index (Phi) is 6.34. The Bertz CT molecular complexity index is 442. The van der Waals surface area contributed by atoms with Crippen molar-refractivity contribution in [3.05, 3.63) is 28.8 Å². The summed E-state index contributed by atoms with van der Waals surface area (Å²) in [5, 5.41) is 4.36. The topological polar surface area (TPSA) is 24.5 Å². The van der Waals surface area contributed by atoms with E-state index in [2.05, 4.69) is 30.1 Å². The first kappa shape index (κ1) is 16.6. The molecule has 0 aliphatic carbocycles. The van der Waals surface area contributed by atoms with E-state index in [9.17, 15) is 0 Å². The van der Waals surface area contributed by atoms with E-state index in [4.69, 9.17) is 16.3 Å². The molecule has 21 heavy (non-hydrogen) atoms. The lowest BCUT2D eigenvalue weighted by molar-refractivity contribution is 0.0819. The molecular weight excluding hydrogens is 284 g/mol. The van der Waals surface area contributed by atoms with E-state index in [-0.39, 0.29) is 0 Å². The summed E-state index contributed by atoms with van der Waals surface area (Å²) in [7, 11) is 1.81. The molecule has 0 amide bonds. The number of nitrogens with zero attached hydrogens (tertiary/aromatic N) is 1. The van der Waals surface area contributed by atoms with Gasteiger partial charge in [0.05, 0.1) is 6.10 Å². The van der Waals surface area contributed by atoms with E-state index in [1.54, 1.807) is 7.11 Å². The third-order valence-electron chi connectivity index (χ3n) is 4.06. The van der Waals surface area contributed by atoms with E-state index >= 15 is 0 Å². The fraction of sp³-hybridized carbons (Fsp3) is 0.647. The Morgan fingerprint density at radius 3 is 2.67 bits per heavy atom. The third kappa shape index (κ3) is 4.60. The monoisotopic (exact) mass is 310 g/mol. The van der Waals surface area contributed by atoms with E-state index in [1.807, 2.05) is 12.1 Å². The number of nitrogens with one attached hydrogen (secondary N) is 1. The average molecular weight is 311 g/mol. The van der Waals surface area contributed by atoms with Gasteiger partial charge in [-0.2, -0.15) is 0 Å². The van der Waals surface area contributed by atoms with E-state index < -0.39 is 0 Å². The lowest BCUT2D eigenvalue weighted by atomic mass is 10.0. The van der Waals surface area contributed by atoms with Crippen LogP contribution < -0.4 is 10.2 Å². The van der Waals surface area contributed by atoms with Gasteiger partial charge in [0.1, 0.15) is 0 Å². The summed E-state index contributed by atoms with van der Waals surface area (Å²) in [6, 6.07) is 6.22. The highest BCUT2D eigenvalue weighted by molar-refractivity contribution is 6.31. The van der Waals surface area contributed by atoms with Gasteiger partial charge < -0.3 is 15.0 Å². The van der Waals surface area contributed by atoms with Gasteiger partial charge in [-0.15, -0.1) is 0 Å². The fourth-order valence-electron chi connectivity index (χ4n) is 2.84. The molecule has 1 aromatic carbocycles. The van der Waals surface area contributed by atoms with E-state index in [0.29, 0.717) is 12.0 Å². The minimum absolute atomic E-state index is 0.406. The van der Waals surface area contributed by atoms with Gasteiger partial charge in [0.2, 0.25) is 0 Å². The summed E-state index contributed by atoms with van der Waals surface area (Å²) in [6.45, 7) is 8.35. The number of anilines is 1. The van der Waals surface area contributed by atoms with Crippen LogP contribution in [0, 0.1) is 5.92 Å². The van der Waals surface area contributed by atoms with Crippen LogP contribution in [0.5, 0.6) is 0 Å². The first-order valence-electron chi connectivity index (χ1n) is 7.87. The minimum atomic E-state index is 0.406. The largest absolute Gasteiger partial charge is 0.381 e. The van der Waals surface area contributed by atoms with Gasteiger partial charge in [-0.05, 0) is 37.4 Å². The molecule has 1 heterocycles. The summed E-state index contributed by atoms with van der Waals surface area (Å²) < 4.78 is 5.46. The molecule has 1 aromatic rings. The predicted molar refractivity (Wildman–Crippen MR) is 90.2 cm³/mol. The summed E-state index contributed by atoms with van der Waals surface area (Å²) in [5.74, 6) is 0.647. The Morgan fingerprint density at radius 1 is 1.33 bits per heavy atom. The molecular formula is C17H27ClN2O. The van der Waals surface area contributed by atoms with Crippen LogP contribution in [0.25, 0.3) is 0 Å². The smallest absolute Gasteiger partial charge is 0.0605 e. The normalized spacial score (nSPS) is 16.7. The van der Waals surface area contributed by atoms with Crippen LogP contribution in [0.1, 0.15) is 32.3 Å². The second-order valence-corrected chi connectivity index (χ2v) is 6.59. The maximum Gasteiger partial charge on any atom is 0.0605 e. The Morgan fingerprint density at radius 2 is 2.05 bits per heavy atom. The van der Waals surface area contributed by atoms with Crippen LogP contribution in [-0.4, -0.2) is 32.8 Å². The number of hydrogen-bond donors (Lipinski definition) is 1. The van der Waals surface area contributed by atoms with Crippen LogP contribution in [0.3, 0.4) is 0 Å². The standard InChI is InChI=1S/C17H27ClN2O/c1-13(2)11-19-12-15-16(18)5-4-6-17(15)20-9-7-14(21-3)8-10-20/h4-6,13-14,19H,7-12H2,1-3H3. The molecule has 0 spiro atoms. The molecule has 4 heteroatoms. The second-order valence-electron chi connectivity index (χ2n) is 6.18. The summed E-state index contributed by atoms with van der Waals surface area (Å²) in [4.78, 5) is 2.44. The Labute approximate surface area is 133 Å². The zero-order valence-electron chi connectivity index (χ0n) is 13.4. The van der Waals surface area contributed by atoms with Crippen molar-refractivity contribution < 1.29 is 4.74 Å². The number of hydrogen-bond acceptors (Lipinski definition) is 3. The van der Waals surface area contributed by atoms with Gasteiger partial charge in [0.15, 0.2) is 0 Å². The molecule has 0 saturated carbocycles. The van der Waals surface area contributed by atoms with E-state index in [0.717, 1.165) is 44.0 Å². The molecule has 2 rings (SSSR count). The van der Waals surface area contributed by atoms with Crippen molar-refractivity contribution in [1.82, 2.24) is 5.32 Å². The van der Waals surface area contributed by atoms with Crippen LogP contribution in [-0.2, 0) is 11.3 Å². The van der Waals surface area contributed by atoms with Crippen LogP contribution in [0.4, 0.5) is 5.69 Å². The molecule has 1 aliphatic heterocycles. The number of rotatable bonds is 6. The number of benzene rings is 1. The second kappa shape index (κ2) is 8.02. The minimum Gasteiger partial charge on any atom is -0.381 e. The van der Waals surface area contributed by atoms with Crippen molar-refractivity contribution >= 4 is 17.3 Å². The van der Waals surface area contributed by atoms with Gasteiger partial charge in [-0.25, -0.2) is 0 Å². The lowest BCUT2D eigenvalue weighted by Crippen LogP contribution is -2.37. The quantitative estimate of drug-likeness (QED) is 0.867. The summed E-state index contributed by atoms with van der Waals surface area (Å²) >= 11 is 6.43. The SMILES string of the molecule is COC1CCN(c2cccc(Cl)c2CNCC(C)C)CC1. The first-order valence-corrected chi connectivity index (χ1v) is 8.25. The molecule has 0 aromatic heterocycles. The van der Waals surface area contributed by atoms with Gasteiger partial charge in [0.25, 0.3) is 0 Å². The number of halogens is 1. The van der Waals surface area contributed by atoms with Crippen molar-refractivity contribution in [3.8, 4) is 0 Å². The maximum absolute atomic E-state index is 6.43. The highest BCUT2D eigenvalue weighted by Gasteiger charge is 2.21. The zero-order chi connectivity index (χ0) is 15.2. The van der Waals surface area contributed by atoms with Gasteiger partial charge >= 0.3 is 0 Å². The molecule has 1 saturated heterocycles. The molecule has 0 radical (unpaired) electrons. The zero-order valence-corrected chi connectivity index (χ0v) is 14.1.